The van der Waals surface area contributed by atoms with E-state index in [9.17, 15) is 10.1 Å². The van der Waals surface area contributed by atoms with Gasteiger partial charge in [-0.1, -0.05) is 15.9 Å². The Hall–Kier alpha value is -3.44. The van der Waals surface area contributed by atoms with E-state index in [0.717, 1.165) is 4.47 Å². The largest absolute Gasteiger partial charge is 0.496 e. The maximum Gasteiger partial charge on any atom is 0.259 e. The zero-order valence-electron chi connectivity index (χ0n) is 16.3. The minimum Gasteiger partial charge on any atom is -0.496 e. The molecule has 152 valence electrons. The molecule has 1 aliphatic heterocycles. The predicted octanol–water partition coefficient (Wildman–Crippen LogP) is 3.79. The molecule has 0 unspecified atom stereocenters. The summed E-state index contributed by atoms with van der Waals surface area (Å²) in [6, 6.07) is 12.8. The van der Waals surface area contributed by atoms with Gasteiger partial charge in [0, 0.05) is 21.8 Å². The zero-order valence-corrected chi connectivity index (χ0v) is 17.9. The first-order valence-electron chi connectivity index (χ1n) is 9.12. The second-order valence-electron chi connectivity index (χ2n) is 6.85. The second-order valence-corrected chi connectivity index (χ2v) is 7.76. The van der Waals surface area contributed by atoms with E-state index in [1.54, 1.807) is 35.1 Å². The highest BCUT2D eigenvalue weighted by Gasteiger charge is 2.36. The van der Waals surface area contributed by atoms with Crippen LogP contribution < -0.4 is 20.8 Å². The van der Waals surface area contributed by atoms with Crippen LogP contribution in [0.25, 0.3) is 0 Å². The zero-order chi connectivity index (χ0) is 21.4. The number of aryl methyl sites for hydroxylation is 1. The van der Waals surface area contributed by atoms with Crippen molar-refractivity contribution in [2.24, 2.45) is 5.73 Å². The number of allylic oxidation sites excluding steroid dienone is 1. The summed E-state index contributed by atoms with van der Waals surface area (Å²) < 4.78 is 19.0. The van der Waals surface area contributed by atoms with Crippen LogP contribution in [0.1, 0.15) is 28.5 Å². The Balaban J connectivity index is 1.99. The molecular weight excluding hydrogens is 450 g/mol. The van der Waals surface area contributed by atoms with Gasteiger partial charge >= 0.3 is 0 Å². The summed E-state index contributed by atoms with van der Waals surface area (Å²) in [6.45, 7) is 2.07. The van der Waals surface area contributed by atoms with Gasteiger partial charge in [0.1, 0.15) is 28.9 Å². The summed E-state index contributed by atoms with van der Waals surface area (Å²) in [5.74, 6) is 0.747. The van der Waals surface area contributed by atoms with Crippen LogP contribution >= 0.6 is 15.9 Å². The van der Waals surface area contributed by atoms with Gasteiger partial charge < -0.3 is 24.2 Å². The van der Waals surface area contributed by atoms with E-state index >= 15 is 0 Å². The molecule has 0 amide bonds. The maximum atomic E-state index is 13.6. The monoisotopic (exact) mass is 467 g/mol. The van der Waals surface area contributed by atoms with Crippen molar-refractivity contribution in [3.05, 3.63) is 91.5 Å². The summed E-state index contributed by atoms with van der Waals surface area (Å²) in [7, 11) is 1.54. The van der Waals surface area contributed by atoms with E-state index in [-0.39, 0.29) is 23.6 Å². The van der Waals surface area contributed by atoms with Crippen molar-refractivity contribution in [2.45, 2.75) is 19.4 Å². The normalized spacial score (nSPS) is 15.3. The molecular formula is C22H18BrN3O4. The molecule has 1 atom stereocenters. The van der Waals surface area contributed by atoms with Crippen LogP contribution in [0.4, 0.5) is 0 Å². The van der Waals surface area contributed by atoms with E-state index in [1.165, 1.54) is 7.11 Å². The van der Waals surface area contributed by atoms with Gasteiger partial charge in [-0.25, -0.2) is 0 Å². The lowest BCUT2D eigenvalue weighted by atomic mass is 9.83. The van der Waals surface area contributed by atoms with Crippen LogP contribution in [0.3, 0.4) is 0 Å². The Morgan fingerprint density at radius 3 is 2.80 bits per heavy atom. The molecule has 1 aliphatic rings. The summed E-state index contributed by atoms with van der Waals surface area (Å²) in [5.41, 5.74) is 7.59. The first-order valence-corrected chi connectivity index (χ1v) is 9.91. The molecule has 2 aromatic heterocycles. The summed E-state index contributed by atoms with van der Waals surface area (Å²) in [5, 5.41) is 9.83. The van der Waals surface area contributed by atoms with Crippen molar-refractivity contribution in [1.82, 2.24) is 4.57 Å². The van der Waals surface area contributed by atoms with Gasteiger partial charge in [-0.3, -0.25) is 4.79 Å². The van der Waals surface area contributed by atoms with Crippen molar-refractivity contribution in [3.63, 3.8) is 0 Å². The molecule has 8 heteroatoms. The van der Waals surface area contributed by atoms with Crippen LogP contribution in [-0.2, 0) is 6.54 Å². The van der Waals surface area contributed by atoms with Crippen LogP contribution in [0.2, 0.25) is 0 Å². The van der Waals surface area contributed by atoms with Crippen molar-refractivity contribution >= 4 is 15.9 Å². The molecule has 0 bridgehead atoms. The van der Waals surface area contributed by atoms with E-state index < -0.39 is 5.92 Å². The molecule has 3 aromatic rings. The Kier molecular flexibility index (Phi) is 5.14. The number of nitrogens with two attached hydrogens (primary N) is 1. The number of rotatable bonds is 4. The minimum absolute atomic E-state index is 0.0281. The average molecular weight is 468 g/mol. The fourth-order valence-electron chi connectivity index (χ4n) is 3.68. The van der Waals surface area contributed by atoms with Crippen LogP contribution in [0.15, 0.2) is 67.8 Å². The fourth-order valence-corrected chi connectivity index (χ4v) is 4.06. The highest BCUT2D eigenvalue weighted by Crippen LogP contribution is 2.44. The number of furan rings is 1. The first kappa shape index (κ1) is 19.9. The van der Waals surface area contributed by atoms with E-state index in [4.69, 9.17) is 19.6 Å². The lowest BCUT2D eigenvalue weighted by Crippen LogP contribution is -2.33. The standard InChI is InChI=1S/C22H18BrN3O4/c1-12-8-18-20(22(27)26(12)11-14-4-3-7-29-14)19(16(10-24)21(25)30-18)15-9-13(23)5-6-17(15)28-2/h3-9,19H,11,25H2,1-2H3/t19-/m1/s1. The highest BCUT2D eigenvalue weighted by molar-refractivity contribution is 9.10. The number of benzene rings is 1. The van der Waals surface area contributed by atoms with Gasteiger partial charge in [0.15, 0.2) is 0 Å². The fraction of sp³-hybridized carbons (Fsp3) is 0.182. The van der Waals surface area contributed by atoms with Crippen molar-refractivity contribution < 1.29 is 13.9 Å². The van der Waals surface area contributed by atoms with Gasteiger partial charge in [-0.2, -0.15) is 5.26 Å². The SMILES string of the molecule is COc1ccc(Br)cc1[C@@H]1C(C#N)=C(N)Oc2cc(C)n(Cc3ccco3)c(=O)c21. The topological polar surface area (TPSA) is 103 Å². The molecule has 0 spiro atoms. The second kappa shape index (κ2) is 7.76. The first-order chi connectivity index (χ1) is 14.4. The third-order valence-corrected chi connectivity index (χ3v) is 5.58. The Morgan fingerprint density at radius 1 is 1.33 bits per heavy atom. The predicted molar refractivity (Wildman–Crippen MR) is 113 cm³/mol. The van der Waals surface area contributed by atoms with E-state index in [2.05, 4.69) is 22.0 Å². The van der Waals surface area contributed by atoms with Crippen molar-refractivity contribution in [2.75, 3.05) is 7.11 Å². The number of methoxy groups -OCH3 is 1. The number of aromatic nitrogens is 1. The quantitative estimate of drug-likeness (QED) is 0.625. The molecule has 30 heavy (non-hydrogen) atoms. The van der Waals surface area contributed by atoms with E-state index in [0.29, 0.717) is 34.1 Å². The van der Waals surface area contributed by atoms with E-state index in [1.807, 2.05) is 19.1 Å². The molecule has 0 fully saturated rings. The molecule has 0 aliphatic carbocycles. The molecule has 0 saturated heterocycles. The summed E-state index contributed by atoms with van der Waals surface area (Å²) in [6.07, 6.45) is 1.56. The molecule has 4 rings (SSSR count). The van der Waals surface area contributed by atoms with Gasteiger partial charge in [0.05, 0.1) is 31.4 Å². The maximum absolute atomic E-state index is 13.6. The summed E-state index contributed by atoms with van der Waals surface area (Å²) in [4.78, 5) is 13.6. The van der Waals surface area contributed by atoms with Gasteiger partial charge in [0.25, 0.3) is 5.56 Å². The molecule has 3 heterocycles. The van der Waals surface area contributed by atoms with Crippen molar-refractivity contribution in [3.8, 4) is 17.6 Å². The Labute approximate surface area is 181 Å². The minimum atomic E-state index is -0.734. The van der Waals surface area contributed by atoms with Crippen molar-refractivity contribution in [1.29, 1.82) is 5.26 Å². The van der Waals surface area contributed by atoms with Gasteiger partial charge in [-0.15, -0.1) is 0 Å². The number of nitrogens with zero attached hydrogens (tertiary/aromatic N) is 2. The number of ether oxygens (including phenoxy) is 2. The number of hydrogen-bond donors (Lipinski definition) is 1. The molecule has 0 saturated carbocycles. The lowest BCUT2D eigenvalue weighted by molar-refractivity contribution is 0.382. The number of nitriles is 1. The van der Waals surface area contributed by atoms with Crippen LogP contribution in [-0.4, -0.2) is 11.7 Å². The van der Waals surface area contributed by atoms with Crippen LogP contribution in [0, 0.1) is 18.3 Å². The molecule has 2 N–H and O–H groups in total. The smallest absolute Gasteiger partial charge is 0.259 e. The Morgan fingerprint density at radius 2 is 2.13 bits per heavy atom. The Bertz CT molecular complexity index is 1250. The number of hydrogen-bond acceptors (Lipinski definition) is 6. The third kappa shape index (κ3) is 3.27. The third-order valence-electron chi connectivity index (χ3n) is 5.09. The number of fused-ring (bicyclic) bond motifs is 1. The molecule has 1 aromatic carbocycles. The number of pyridine rings is 1. The number of halogens is 1. The highest BCUT2D eigenvalue weighted by atomic mass is 79.9. The molecule has 0 radical (unpaired) electrons. The lowest BCUT2D eigenvalue weighted by Gasteiger charge is -2.28. The van der Waals surface area contributed by atoms with Crippen LogP contribution in [0.5, 0.6) is 11.5 Å². The average Bonchev–Trinajstić information content (AvgIpc) is 3.23. The summed E-state index contributed by atoms with van der Waals surface area (Å²) >= 11 is 3.46. The molecule has 7 nitrogen and oxygen atoms in total. The van der Waals surface area contributed by atoms with Gasteiger partial charge in [-0.05, 0) is 37.3 Å². The van der Waals surface area contributed by atoms with Gasteiger partial charge in [0.2, 0.25) is 5.88 Å².